The molecule has 0 saturated carbocycles. The fourth-order valence-corrected chi connectivity index (χ4v) is 1.67. The number of rotatable bonds is 4. The van der Waals surface area contributed by atoms with Gasteiger partial charge in [-0.1, -0.05) is 16.9 Å². The van der Waals surface area contributed by atoms with E-state index in [-0.39, 0.29) is 23.5 Å². The number of nitrogens with zero attached hydrogens (tertiary/aromatic N) is 2. The molecule has 0 radical (unpaired) electrons. The smallest absolute Gasteiger partial charge is 0.226 e. The highest BCUT2D eigenvalue weighted by atomic mass is 32.2. The normalized spacial score (nSPS) is 9.83. The summed E-state index contributed by atoms with van der Waals surface area (Å²) in [6.07, 6.45) is 0.221. The summed E-state index contributed by atoms with van der Waals surface area (Å²) in [6.45, 7) is 1.73. The lowest BCUT2D eigenvalue weighted by Gasteiger charge is -2.00. The molecule has 0 aliphatic carbocycles. The molecule has 98 valence electrons. The molecule has 18 heavy (non-hydrogen) atoms. The lowest BCUT2D eigenvalue weighted by Crippen LogP contribution is -2.23. The average Bonchev–Trinajstić information content (AvgIpc) is 2.62. The largest absolute Gasteiger partial charge is 0.370 e. The molecule has 1 aromatic rings. The monoisotopic (exact) mass is 270 g/mol. The Labute approximate surface area is 108 Å². The van der Waals surface area contributed by atoms with Crippen LogP contribution >= 0.6 is 11.8 Å². The van der Waals surface area contributed by atoms with E-state index in [2.05, 4.69) is 15.5 Å². The minimum absolute atomic E-state index is 0.0277. The van der Waals surface area contributed by atoms with Gasteiger partial charge in [0, 0.05) is 18.2 Å². The van der Waals surface area contributed by atoms with Crippen LogP contribution in [-0.4, -0.2) is 27.9 Å². The van der Waals surface area contributed by atoms with Crippen LogP contribution in [0.1, 0.15) is 12.2 Å². The summed E-state index contributed by atoms with van der Waals surface area (Å²) in [7, 11) is 0. The summed E-state index contributed by atoms with van der Waals surface area (Å²) in [5, 5.41) is 13.5. The number of carbonyl (C=O) groups excluding carboxylic acids is 1. The summed E-state index contributed by atoms with van der Waals surface area (Å²) in [4.78, 5) is 15.0. The van der Waals surface area contributed by atoms with Crippen molar-refractivity contribution in [1.29, 1.82) is 5.41 Å². The lowest BCUT2D eigenvalue weighted by atomic mass is 10.4. The number of anilines is 1. The molecule has 1 heterocycles. The van der Waals surface area contributed by atoms with Gasteiger partial charge in [-0.15, -0.1) is 0 Å². The van der Waals surface area contributed by atoms with E-state index < -0.39 is 0 Å². The van der Waals surface area contributed by atoms with Crippen molar-refractivity contribution >= 4 is 34.6 Å². The molecule has 0 bridgehead atoms. The molecule has 1 aromatic heterocycles. The number of amides is 1. The Kier molecular flexibility index (Phi) is 5.18. The number of nitrogens with one attached hydrogen (secondary N) is 2. The van der Waals surface area contributed by atoms with Gasteiger partial charge in [0.2, 0.25) is 5.91 Å². The molecular weight excluding hydrogens is 256 g/mol. The van der Waals surface area contributed by atoms with Crippen LogP contribution < -0.4 is 16.8 Å². The molecule has 9 heteroatoms. The number of hydrogen-bond acceptors (Lipinski definition) is 5. The Morgan fingerprint density at radius 1 is 1.67 bits per heavy atom. The van der Waals surface area contributed by atoms with Gasteiger partial charge in [0.1, 0.15) is 5.76 Å². The number of carbonyl (C=O) groups is 1. The number of aromatic nitrogens is 1. The zero-order chi connectivity index (χ0) is 13.5. The molecule has 0 aromatic carbocycles. The summed E-state index contributed by atoms with van der Waals surface area (Å²) >= 11 is 1.08. The van der Waals surface area contributed by atoms with Crippen LogP contribution in [0.2, 0.25) is 0 Å². The Bertz CT molecular complexity index is 465. The predicted molar refractivity (Wildman–Crippen MR) is 70.5 cm³/mol. The van der Waals surface area contributed by atoms with E-state index in [4.69, 9.17) is 21.4 Å². The molecular formula is C9H14N6O2S. The van der Waals surface area contributed by atoms with Gasteiger partial charge in [0.15, 0.2) is 16.9 Å². The Morgan fingerprint density at radius 3 is 2.94 bits per heavy atom. The second kappa shape index (κ2) is 6.64. The Hall–Kier alpha value is -2.03. The van der Waals surface area contributed by atoms with Gasteiger partial charge in [-0.3, -0.25) is 10.2 Å². The first kappa shape index (κ1) is 14.0. The van der Waals surface area contributed by atoms with Crippen molar-refractivity contribution in [2.45, 2.75) is 13.3 Å². The first-order valence-electron chi connectivity index (χ1n) is 5.01. The van der Waals surface area contributed by atoms with Crippen LogP contribution in [0.5, 0.6) is 0 Å². The fourth-order valence-electron chi connectivity index (χ4n) is 1.02. The zero-order valence-electron chi connectivity index (χ0n) is 9.77. The highest BCUT2D eigenvalue weighted by Crippen LogP contribution is 2.09. The van der Waals surface area contributed by atoms with Gasteiger partial charge in [-0.2, -0.15) is 4.99 Å². The minimum Gasteiger partial charge on any atom is -0.370 e. The molecule has 0 unspecified atom stereocenters. The van der Waals surface area contributed by atoms with Gasteiger partial charge in [-0.25, -0.2) is 0 Å². The van der Waals surface area contributed by atoms with E-state index in [9.17, 15) is 4.79 Å². The topological polar surface area (TPSA) is 143 Å². The maximum absolute atomic E-state index is 11.5. The minimum atomic E-state index is -0.215. The van der Waals surface area contributed by atoms with Crippen molar-refractivity contribution in [3.05, 3.63) is 11.8 Å². The zero-order valence-corrected chi connectivity index (χ0v) is 10.6. The van der Waals surface area contributed by atoms with E-state index >= 15 is 0 Å². The quantitative estimate of drug-likeness (QED) is 0.456. The second-order valence-electron chi connectivity index (χ2n) is 3.31. The van der Waals surface area contributed by atoms with E-state index in [1.807, 2.05) is 0 Å². The molecule has 0 aliphatic heterocycles. The van der Waals surface area contributed by atoms with Crippen molar-refractivity contribution in [2.24, 2.45) is 16.5 Å². The molecule has 0 saturated heterocycles. The van der Waals surface area contributed by atoms with Crippen LogP contribution in [0.25, 0.3) is 0 Å². The first-order chi connectivity index (χ1) is 8.47. The lowest BCUT2D eigenvalue weighted by molar-refractivity contribution is -0.115. The van der Waals surface area contributed by atoms with E-state index in [1.54, 1.807) is 13.0 Å². The van der Waals surface area contributed by atoms with Gasteiger partial charge < -0.3 is 21.3 Å². The number of hydrogen-bond donors (Lipinski definition) is 4. The third kappa shape index (κ3) is 5.34. The van der Waals surface area contributed by atoms with E-state index in [0.29, 0.717) is 17.3 Å². The van der Waals surface area contributed by atoms with Crippen LogP contribution in [-0.2, 0) is 4.79 Å². The highest BCUT2D eigenvalue weighted by Gasteiger charge is 2.06. The number of nitrogens with two attached hydrogens (primary N) is 2. The number of aryl methyl sites for hydroxylation is 1. The van der Waals surface area contributed by atoms with Crippen molar-refractivity contribution in [3.8, 4) is 0 Å². The third-order valence-corrected chi connectivity index (χ3v) is 2.47. The van der Waals surface area contributed by atoms with Crippen LogP contribution in [0.3, 0.4) is 0 Å². The Morgan fingerprint density at radius 2 is 2.39 bits per heavy atom. The fraction of sp³-hybridized carbons (Fsp3) is 0.333. The van der Waals surface area contributed by atoms with Gasteiger partial charge >= 0.3 is 0 Å². The molecule has 8 nitrogen and oxygen atoms in total. The Balaban J connectivity index is 2.26. The molecule has 6 N–H and O–H groups in total. The third-order valence-electron chi connectivity index (χ3n) is 1.69. The summed E-state index contributed by atoms with van der Waals surface area (Å²) in [6, 6.07) is 1.62. The number of aliphatic imine (C=N–C) groups is 1. The highest BCUT2D eigenvalue weighted by molar-refractivity contribution is 8.13. The predicted octanol–water partition coefficient (Wildman–Crippen LogP) is 0.253. The van der Waals surface area contributed by atoms with Crippen molar-refractivity contribution in [3.63, 3.8) is 0 Å². The maximum Gasteiger partial charge on any atom is 0.226 e. The summed E-state index contributed by atoms with van der Waals surface area (Å²) in [5.74, 6) is 1.01. The summed E-state index contributed by atoms with van der Waals surface area (Å²) in [5.41, 5.74) is 10.2. The molecule has 1 amide bonds. The number of thioether (sulfide) groups is 1. The van der Waals surface area contributed by atoms with E-state index in [0.717, 1.165) is 11.8 Å². The van der Waals surface area contributed by atoms with Crippen molar-refractivity contribution in [2.75, 3.05) is 11.1 Å². The molecule has 0 aliphatic rings. The second-order valence-corrected chi connectivity index (χ2v) is 4.39. The van der Waals surface area contributed by atoms with Crippen molar-refractivity contribution in [1.82, 2.24) is 5.16 Å². The van der Waals surface area contributed by atoms with Crippen LogP contribution in [0.15, 0.2) is 15.6 Å². The molecule has 0 spiro atoms. The van der Waals surface area contributed by atoms with Crippen LogP contribution in [0.4, 0.5) is 5.82 Å². The standard InChI is InChI=1S/C9H14N6O2S/c1-5-4-6(15-17-5)13-7(16)2-3-18-9(12)14-8(10)11/h4H,2-3H2,1H3,(H,13,15,16)(H5,10,11,12,14). The van der Waals surface area contributed by atoms with Gasteiger partial charge in [0.25, 0.3) is 0 Å². The van der Waals surface area contributed by atoms with Crippen LogP contribution in [0, 0.1) is 12.3 Å². The van der Waals surface area contributed by atoms with Gasteiger partial charge in [-0.05, 0) is 6.92 Å². The molecule has 0 atom stereocenters. The van der Waals surface area contributed by atoms with Crippen molar-refractivity contribution < 1.29 is 9.32 Å². The average molecular weight is 270 g/mol. The van der Waals surface area contributed by atoms with E-state index in [1.165, 1.54) is 0 Å². The number of guanidine groups is 1. The molecule has 0 fully saturated rings. The molecule has 1 rings (SSSR count). The van der Waals surface area contributed by atoms with Gasteiger partial charge in [0.05, 0.1) is 0 Å². The summed E-state index contributed by atoms with van der Waals surface area (Å²) < 4.78 is 4.80. The first-order valence-corrected chi connectivity index (χ1v) is 6.00. The number of amidine groups is 1. The maximum atomic E-state index is 11.5. The SMILES string of the molecule is Cc1cc(NC(=O)CCSC(=N)N=C(N)N)no1.